The van der Waals surface area contributed by atoms with Gasteiger partial charge in [0.15, 0.2) is 0 Å². The van der Waals surface area contributed by atoms with Gasteiger partial charge in [-0.05, 0) is 25.8 Å². The van der Waals surface area contributed by atoms with E-state index in [-0.39, 0.29) is 5.56 Å². The number of aromatic nitrogens is 1. The third-order valence-electron chi connectivity index (χ3n) is 3.39. The van der Waals surface area contributed by atoms with Gasteiger partial charge in [0.1, 0.15) is 12.1 Å². The SMILES string of the molecule is CCCC(C(=O)NC(CC)C(=O)O)n1cccc(C)c1=O. The molecule has 0 saturated carbocycles. The fourth-order valence-electron chi connectivity index (χ4n) is 2.14. The molecular weight excluding hydrogens is 272 g/mol. The van der Waals surface area contributed by atoms with Crippen LogP contribution in [0.4, 0.5) is 0 Å². The van der Waals surface area contributed by atoms with E-state index in [0.717, 1.165) is 0 Å². The Morgan fingerprint density at radius 2 is 2.05 bits per heavy atom. The summed E-state index contributed by atoms with van der Waals surface area (Å²) in [6.45, 7) is 5.29. The molecule has 0 radical (unpaired) electrons. The number of carboxylic acids is 1. The number of hydrogen-bond acceptors (Lipinski definition) is 3. The summed E-state index contributed by atoms with van der Waals surface area (Å²) in [5.74, 6) is -1.50. The second-order valence-electron chi connectivity index (χ2n) is 5.02. The van der Waals surface area contributed by atoms with E-state index in [2.05, 4.69) is 5.32 Å². The Kier molecular flexibility index (Phi) is 6.14. The zero-order chi connectivity index (χ0) is 16.0. The molecule has 0 aliphatic rings. The Balaban J connectivity index is 3.06. The molecule has 0 spiro atoms. The lowest BCUT2D eigenvalue weighted by Gasteiger charge is -2.21. The zero-order valence-electron chi connectivity index (χ0n) is 12.6. The van der Waals surface area contributed by atoms with Gasteiger partial charge in [0.2, 0.25) is 5.91 Å². The topological polar surface area (TPSA) is 88.4 Å². The van der Waals surface area contributed by atoms with E-state index in [9.17, 15) is 14.4 Å². The normalized spacial score (nSPS) is 13.5. The van der Waals surface area contributed by atoms with Crippen LogP contribution in [0.2, 0.25) is 0 Å². The third-order valence-corrected chi connectivity index (χ3v) is 3.39. The number of carbonyl (C=O) groups excluding carboxylic acids is 1. The van der Waals surface area contributed by atoms with Crippen molar-refractivity contribution < 1.29 is 14.7 Å². The lowest BCUT2D eigenvalue weighted by atomic mass is 10.1. The van der Waals surface area contributed by atoms with Gasteiger partial charge >= 0.3 is 5.97 Å². The van der Waals surface area contributed by atoms with Gasteiger partial charge in [-0.2, -0.15) is 0 Å². The molecule has 0 aliphatic carbocycles. The minimum Gasteiger partial charge on any atom is -0.480 e. The standard InChI is InChI=1S/C15H22N2O4/c1-4-7-12(13(18)16-11(5-2)15(20)21)17-9-6-8-10(3)14(17)19/h6,8-9,11-12H,4-5,7H2,1-3H3,(H,16,18)(H,20,21). The summed E-state index contributed by atoms with van der Waals surface area (Å²) in [7, 11) is 0. The highest BCUT2D eigenvalue weighted by atomic mass is 16.4. The number of aliphatic carboxylic acids is 1. The molecule has 1 rings (SSSR count). The number of rotatable bonds is 7. The first kappa shape index (κ1) is 16.9. The molecule has 0 bridgehead atoms. The number of carbonyl (C=O) groups is 2. The van der Waals surface area contributed by atoms with Crippen LogP contribution < -0.4 is 10.9 Å². The lowest BCUT2D eigenvalue weighted by molar-refractivity contribution is -0.142. The second-order valence-corrected chi connectivity index (χ2v) is 5.02. The number of amides is 1. The molecule has 0 aromatic carbocycles. The molecule has 2 unspecified atom stereocenters. The molecule has 0 aliphatic heterocycles. The van der Waals surface area contributed by atoms with Crippen molar-refractivity contribution >= 4 is 11.9 Å². The largest absolute Gasteiger partial charge is 0.480 e. The molecule has 6 heteroatoms. The van der Waals surface area contributed by atoms with Gasteiger partial charge in [-0.1, -0.05) is 26.3 Å². The maximum absolute atomic E-state index is 12.3. The molecule has 1 aromatic heterocycles. The first-order valence-electron chi connectivity index (χ1n) is 7.13. The minimum absolute atomic E-state index is 0.227. The van der Waals surface area contributed by atoms with Gasteiger partial charge in [0, 0.05) is 11.8 Å². The Morgan fingerprint density at radius 1 is 1.38 bits per heavy atom. The van der Waals surface area contributed by atoms with Gasteiger partial charge < -0.3 is 15.0 Å². The fourth-order valence-corrected chi connectivity index (χ4v) is 2.14. The van der Waals surface area contributed by atoms with Crippen molar-refractivity contribution in [3.8, 4) is 0 Å². The van der Waals surface area contributed by atoms with Gasteiger partial charge in [0.05, 0.1) is 0 Å². The first-order valence-corrected chi connectivity index (χ1v) is 7.13. The van der Waals surface area contributed by atoms with Crippen LogP contribution >= 0.6 is 0 Å². The molecule has 0 saturated heterocycles. The van der Waals surface area contributed by atoms with E-state index >= 15 is 0 Å². The molecule has 1 amide bonds. The van der Waals surface area contributed by atoms with E-state index in [0.29, 0.717) is 24.8 Å². The Bertz CT molecular complexity index is 565. The number of nitrogens with zero attached hydrogens (tertiary/aromatic N) is 1. The van der Waals surface area contributed by atoms with Crippen LogP contribution in [0.1, 0.15) is 44.7 Å². The van der Waals surface area contributed by atoms with Crippen molar-refractivity contribution in [3.63, 3.8) is 0 Å². The predicted molar refractivity (Wildman–Crippen MR) is 79.2 cm³/mol. The van der Waals surface area contributed by atoms with Crippen molar-refractivity contribution in [1.82, 2.24) is 9.88 Å². The Labute approximate surface area is 123 Å². The van der Waals surface area contributed by atoms with Crippen molar-refractivity contribution in [2.24, 2.45) is 0 Å². The highest BCUT2D eigenvalue weighted by molar-refractivity contribution is 5.85. The fraction of sp³-hybridized carbons (Fsp3) is 0.533. The van der Waals surface area contributed by atoms with Crippen molar-refractivity contribution in [2.45, 2.75) is 52.1 Å². The average molecular weight is 294 g/mol. The zero-order valence-corrected chi connectivity index (χ0v) is 12.6. The smallest absolute Gasteiger partial charge is 0.326 e. The average Bonchev–Trinajstić information content (AvgIpc) is 2.45. The third kappa shape index (κ3) is 4.18. The summed E-state index contributed by atoms with van der Waals surface area (Å²) in [6, 6.07) is 1.78. The van der Waals surface area contributed by atoms with Crippen molar-refractivity contribution in [2.75, 3.05) is 0 Å². The van der Waals surface area contributed by atoms with E-state index in [1.54, 1.807) is 32.2 Å². The van der Waals surface area contributed by atoms with E-state index < -0.39 is 24.0 Å². The van der Waals surface area contributed by atoms with Crippen LogP contribution in [-0.4, -0.2) is 27.6 Å². The molecular formula is C15H22N2O4. The van der Waals surface area contributed by atoms with Gasteiger partial charge in [-0.25, -0.2) is 4.79 Å². The van der Waals surface area contributed by atoms with Crippen molar-refractivity contribution in [1.29, 1.82) is 0 Å². The summed E-state index contributed by atoms with van der Waals surface area (Å²) < 4.78 is 1.38. The Hall–Kier alpha value is -2.11. The number of carboxylic acid groups (broad SMARTS) is 1. The molecule has 1 aromatic rings. The number of nitrogens with one attached hydrogen (secondary N) is 1. The van der Waals surface area contributed by atoms with Crippen LogP contribution in [0.5, 0.6) is 0 Å². The summed E-state index contributed by atoms with van der Waals surface area (Å²) in [6.07, 6.45) is 3.05. The summed E-state index contributed by atoms with van der Waals surface area (Å²) in [4.78, 5) is 35.5. The molecule has 2 atom stereocenters. The van der Waals surface area contributed by atoms with Crippen molar-refractivity contribution in [3.05, 3.63) is 34.2 Å². The van der Waals surface area contributed by atoms with Crippen LogP contribution in [0.25, 0.3) is 0 Å². The number of pyridine rings is 1. The molecule has 0 fully saturated rings. The molecule has 21 heavy (non-hydrogen) atoms. The summed E-state index contributed by atoms with van der Waals surface area (Å²) in [5, 5.41) is 11.5. The van der Waals surface area contributed by atoms with Crippen LogP contribution in [0, 0.1) is 6.92 Å². The quantitative estimate of drug-likeness (QED) is 0.797. The van der Waals surface area contributed by atoms with Gasteiger partial charge in [0.25, 0.3) is 5.56 Å². The predicted octanol–water partition coefficient (Wildman–Crippen LogP) is 1.48. The van der Waals surface area contributed by atoms with Crippen LogP contribution in [0.15, 0.2) is 23.1 Å². The summed E-state index contributed by atoms with van der Waals surface area (Å²) >= 11 is 0. The number of aryl methyl sites for hydroxylation is 1. The van der Waals surface area contributed by atoms with E-state index in [1.807, 2.05) is 6.92 Å². The number of hydrogen-bond donors (Lipinski definition) is 2. The van der Waals surface area contributed by atoms with Crippen LogP contribution in [0.3, 0.4) is 0 Å². The first-order chi connectivity index (χ1) is 9.92. The monoisotopic (exact) mass is 294 g/mol. The molecule has 2 N–H and O–H groups in total. The molecule has 1 heterocycles. The van der Waals surface area contributed by atoms with Gasteiger partial charge in [-0.15, -0.1) is 0 Å². The maximum Gasteiger partial charge on any atom is 0.326 e. The van der Waals surface area contributed by atoms with E-state index in [4.69, 9.17) is 5.11 Å². The maximum atomic E-state index is 12.3. The van der Waals surface area contributed by atoms with Gasteiger partial charge in [-0.3, -0.25) is 9.59 Å². The Morgan fingerprint density at radius 3 is 2.57 bits per heavy atom. The highest BCUT2D eigenvalue weighted by Gasteiger charge is 2.25. The second kappa shape index (κ2) is 7.61. The summed E-state index contributed by atoms with van der Waals surface area (Å²) in [5.41, 5.74) is 0.325. The lowest BCUT2D eigenvalue weighted by Crippen LogP contribution is -2.45. The minimum atomic E-state index is -1.07. The molecule has 6 nitrogen and oxygen atoms in total. The molecule has 116 valence electrons. The van der Waals surface area contributed by atoms with E-state index in [1.165, 1.54) is 4.57 Å². The highest BCUT2D eigenvalue weighted by Crippen LogP contribution is 2.13. The van der Waals surface area contributed by atoms with Crippen LogP contribution in [-0.2, 0) is 9.59 Å².